The van der Waals surface area contributed by atoms with Gasteiger partial charge < -0.3 is 15.5 Å². The first-order chi connectivity index (χ1) is 10.1. The van der Waals surface area contributed by atoms with E-state index < -0.39 is 4.92 Å². The van der Waals surface area contributed by atoms with Crippen LogP contribution in [-0.4, -0.2) is 18.0 Å². The summed E-state index contributed by atoms with van der Waals surface area (Å²) >= 11 is 0. The summed E-state index contributed by atoms with van der Waals surface area (Å²) in [6, 6.07) is 4.27. The molecular formula is C14H16ClN3O4. The standard InChI is InChI=1S/C14H15N3O4.ClH/c15-10-2-1-9-11(18)7-12(8-3-5-16-6-4-8)21-14(9)13(10)17(19)20;/h1-2,7-8,16H,3-6,15H2;1H. The second-order valence-electron chi connectivity index (χ2n) is 5.17. The number of nitrogens with one attached hydrogen (secondary N) is 1. The number of anilines is 1. The van der Waals surface area contributed by atoms with E-state index in [-0.39, 0.29) is 46.1 Å². The number of piperidine rings is 1. The summed E-state index contributed by atoms with van der Waals surface area (Å²) in [6.07, 6.45) is 1.68. The van der Waals surface area contributed by atoms with Crippen molar-refractivity contribution in [1.82, 2.24) is 5.32 Å². The molecule has 0 aliphatic carbocycles. The highest BCUT2D eigenvalue weighted by Gasteiger charge is 2.24. The summed E-state index contributed by atoms with van der Waals surface area (Å²) < 4.78 is 5.71. The zero-order valence-electron chi connectivity index (χ0n) is 11.7. The van der Waals surface area contributed by atoms with E-state index in [4.69, 9.17) is 10.2 Å². The van der Waals surface area contributed by atoms with Crippen LogP contribution in [0.15, 0.2) is 27.4 Å². The predicted molar refractivity (Wildman–Crippen MR) is 85.6 cm³/mol. The van der Waals surface area contributed by atoms with Gasteiger partial charge in [0.1, 0.15) is 11.4 Å². The predicted octanol–water partition coefficient (Wildman–Crippen LogP) is 2.17. The fourth-order valence-corrected chi connectivity index (χ4v) is 2.73. The minimum Gasteiger partial charge on any atom is -0.453 e. The summed E-state index contributed by atoms with van der Waals surface area (Å²) in [6.45, 7) is 1.68. The molecule has 2 heterocycles. The summed E-state index contributed by atoms with van der Waals surface area (Å²) in [5.74, 6) is 0.604. The monoisotopic (exact) mass is 325 g/mol. The molecule has 1 aromatic heterocycles. The molecule has 7 nitrogen and oxygen atoms in total. The lowest BCUT2D eigenvalue weighted by Gasteiger charge is -2.21. The van der Waals surface area contributed by atoms with Crippen LogP contribution in [0.4, 0.5) is 11.4 Å². The van der Waals surface area contributed by atoms with Crippen molar-refractivity contribution in [2.24, 2.45) is 0 Å². The zero-order chi connectivity index (χ0) is 15.0. The summed E-state index contributed by atoms with van der Waals surface area (Å²) in [5, 5.41) is 14.6. The van der Waals surface area contributed by atoms with Gasteiger partial charge in [0.15, 0.2) is 5.43 Å². The van der Waals surface area contributed by atoms with Crippen molar-refractivity contribution in [3.63, 3.8) is 0 Å². The number of nitro groups is 1. The molecule has 1 fully saturated rings. The molecule has 0 amide bonds. The highest BCUT2D eigenvalue weighted by Crippen LogP contribution is 2.33. The van der Waals surface area contributed by atoms with Gasteiger partial charge in [-0.15, -0.1) is 12.4 Å². The molecule has 0 unspecified atom stereocenters. The van der Waals surface area contributed by atoms with Crippen LogP contribution in [0.2, 0.25) is 0 Å². The van der Waals surface area contributed by atoms with E-state index in [0.717, 1.165) is 25.9 Å². The van der Waals surface area contributed by atoms with Gasteiger partial charge in [0.05, 0.1) is 10.3 Å². The molecule has 2 aromatic rings. The molecule has 8 heteroatoms. The molecule has 0 spiro atoms. The molecule has 3 rings (SSSR count). The van der Waals surface area contributed by atoms with E-state index in [2.05, 4.69) is 5.32 Å². The Morgan fingerprint density at radius 3 is 2.64 bits per heavy atom. The minimum absolute atomic E-state index is 0. The molecule has 0 radical (unpaired) electrons. The Morgan fingerprint density at radius 1 is 1.32 bits per heavy atom. The second-order valence-corrected chi connectivity index (χ2v) is 5.17. The molecule has 1 aliphatic heterocycles. The number of hydrogen-bond acceptors (Lipinski definition) is 6. The zero-order valence-corrected chi connectivity index (χ0v) is 12.5. The quantitative estimate of drug-likeness (QED) is 0.497. The van der Waals surface area contributed by atoms with Gasteiger partial charge in [0.2, 0.25) is 5.58 Å². The van der Waals surface area contributed by atoms with Crippen LogP contribution in [-0.2, 0) is 0 Å². The molecule has 118 valence electrons. The third-order valence-corrected chi connectivity index (χ3v) is 3.85. The van der Waals surface area contributed by atoms with Crippen LogP contribution in [0.1, 0.15) is 24.5 Å². The van der Waals surface area contributed by atoms with Gasteiger partial charge in [0.25, 0.3) is 0 Å². The number of hydrogen-bond donors (Lipinski definition) is 2. The molecule has 0 saturated carbocycles. The van der Waals surface area contributed by atoms with E-state index in [1.807, 2.05) is 0 Å². The summed E-state index contributed by atoms with van der Waals surface area (Å²) in [4.78, 5) is 22.8. The number of benzene rings is 1. The fourth-order valence-electron chi connectivity index (χ4n) is 2.73. The van der Waals surface area contributed by atoms with Crippen LogP contribution < -0.4 is 16.5 Å². The van der Waals surface area contributed by atoms with Crippen LogP contribution in [0.5, 0.6) is 0 Å². The summed E-state index contributed by atoms with van der Waals surface area (Å²) in [7, 11) is 0. The first-order valence-corrected chi connectivity index (χ1v) is 6.79. The lowest BCUT2D eigenvalue weighted by Crippen LogP contribution is -2.27. The van der Waals surface area contributed by atoms with E-state index in [1.54, 1.807) is 0 Å². The average molecular weight is 326 g/mol. The van der Waals surface area contributed by atoms with Crippen molar-refractivity contribution in [2.75, 3.05) is 18.8 Å². The fraction of sp³-hybridized carbons (Fsp3) is 0.357. The second kappa shape index (κ2) is 6.33. The Hall–Kier alpha value is -2.12. The van der Waals surface area contributed by atoms with E-state index in [9.17, 15) is 14.9 Å². The third-order valence-electron chi connectivity index (χ3n) is 3.85. The maximum atomic E-state index is 12.2. The van der Waals surface area contributed by atoms with Gasteiger partial charge >= 0.3 is 5.69 Å². The first kappa shape index (κ1) is 16.3. The number of nitro benzene ring substituents is 1. The van der Waals surface area contributed by atoms with Gasteiger partial charge in [-0.3, -0.25) is 14.9 Å². The average Bonchev–Trinajstić information content (AvgIpc) is 2.47. The molecular weight excluding hydrogens is 310 g/mol. The van der Waals surface area contributed by atoms with Crippen molar-refractivity contribution in [3.05, 3.63) is 44.3 Å². The smallest absolute Gasteiger partial charge is 0.334 e. The molecule has 3 N–H and O–H groups in total. The van der Waals surface area contributed by atoms with Crippen LogP contribution >= 0.6 is 12.4 Å². The maximum absolute atomic E-state index is 12.2. The Balaban J connectivity index is 0.00000176. The van der Waals surface area contributed by atoms with Crippen LogP contribution in [0.3, 0.4) is 0 Å². The number of halogens is 1. The topological polar surface area (TPSA) is 111 Å². The van der Waals surface area contributed by atoms with E-state index >= 15 is 0 Å². The number of nitrogens with two attached hydrogens (primary N) is 1. The third kappa shape index (κ3) is 2.77. The molecule has 1 aromatic carbocycles. The van der Waals surface area contributed by atoms with Crippen LogP contribution in [0, 0.1) is 10.1 Å². The van der Waals surface area contributed by atoms with Crippen molar-refractivity contribution in [1.29, 1.82) is 0 Å². The van der Waals surface area contributed by atoms with Gasteiger partial charge in [-0.1, -0.05) is 0 Å². The SMILES string of the molecule is Cl.Nc1ccc2c(=O)cc(C3CCNCC3)oc2c1[N+](=O)[O-]. The van der Waals surface area contributed by atoms with E-state index in [0.29, 0.717) is 5.76 Å². The Kier molecular flexibility index (Phi) is 4.68. The maximum Gasteiger partial charge on any atom is 0.334 e. The van der Waals surface area contributed by atoms with Crippen molar-refractivity contribution < 1.29 is 9.34 Å². The minimum atomic E-state index is -0.604. The lowest BCUT2D eigenvalue weighted by atomic mass is 9.95. The summed E-state index contributed by atoms with van der Waals surface area (Å²) in [5.41, 5.74) is 5.02. The Bertz CT molecular complexity index is 769. The first-order valence-electron chi connectivity index (χ1n) is 6.79. The number of nitrogen functional groups attached to an aromatic ring is 1. The number of fused-ring (bicyclic) bond motifs is 1. The van der Waals surface area contributed by atoms with Gasteiger partial charge in [0, 0.05) is 12.0 Å². The van der Waals surface area contributed by atoms with Crippen LogP contribution in [0.25, 0.3) is 11.0 Å². The van der Waals surface area contributed by atoms with Crippen molar-refractivity contribution in [3.8, 4) is 0 Å². The number of nitrogens with zero attached hydrogens (tertiary/aromatic N) is 1. The molecule has 0 atom stereocenters. The highest BCUT2D eigenvalue weighted by molar-refractivity contribution is 5.91. The van der Waals surface area contributed by atoms with E-state index in [1.165, 1.54) is 18.2 Å². The molecule has 0 bridgehead atoms. The Morgan fingerprint density at radius 2 is 2.00 bits per heavy atom. The Labute approximate surface area is 132 Å². The van der Waals surface area contributed by atoms with Crippen molar-refractivity contribution >= 4 is 34.8 Å². The molecule has 1 saturated heterocycles. The van der Waals surface area contributed by atoms with Gasteiger partial charge in [-0.25, -0.2) is 0 Å². The normalized spacial score (nSPS) is 15.5. The number of rotatable bonds is 2. The largest absolute Gasteiger partial charge is 0.453 e. The van der Waals surface area contributed by atoms with Gasteiger partial charge in [-0.2, -0.15) is 0 Å². The molecule has 1 aliphatic rings. The molecule has 22 heavy (non-hydrogen) atoms. The van der Waals surface area contributed by atoms with Gasteiger partial charge in [-0.05, 0) is 38.1 Å². The highest BCUT2D eigenvalue weighted by atomic mass is 35.5. The van der Waals surface area contributed by atoms with Crippen molar-refractivity contribution in [2.45, 2.75) is 18.8 Å². The lowest BCUT2D eigenvalue weighted by molar-refractivity contribution is -0.382.